The van der Waals surface area contributed by atoms with Crippen molar-refractivity contribution in [1.82, 2.24) is 14.8 Å². The van der Waals surface area contributed by atoms with Crippen LogP contribution in [-0.4, -0.2) is 35.6 Å². The van der Waals surface area contributed by atoms with Gasteiger partial charge in [-0.25, -0.2) is 0 Å². The zero-order chi connectivity index (χ0) is 14.4. The molecule has 2 aromatic rings. The predicted octanol–water partition coefficient (Wildman–Crippen LogP) is 2.88. The second-order valence-electron chi connectivity index (χ2n) is 4.04. The molecule has 0 unspecified atom stereocenters. The number of rotatable bonds is 7. The van der Waals surface area contributed by atoms with E-state index in [1.165, 1.54) is 0 Å². The lowest BCUT2D eigenvalue weighted by molar-refractivity contribution is 0.184. The first-order chi connectivity index (χ1) is 9.74. The van der Waals surface area contributed by atoms with Gasteiger partial charge in [-0.3, -0.25) is 0 Å². The first-order valence-electron chi connectivity index (χ1n) is 6.06. The van der Waals surface area contributed by atoms with E-state index in [1.807, 2.05) is 22.8 Å². The summed E-state index contributed by atoms with van der Waals surface area (Å²) in [6, 6.07) is 5.59. The Hall–Kier alpha value is -1.24. The van der Waals surface area contributed by atoms with Crippen molar-refractivity contribution in [3.05, 3.63) is 35.1 Å². The fourth-order valence-electron chi connectivity index (χ4n) is 1.70. The van der Waals surface area contributed by atoms with Gasteiger partial charge in [0.05, 0.1) is 13.7 Å². The molecule has 0 aliphatic carbocycles. The van der Waals surface area contributed by atoms with E-state index < -0.39 is 0 Å². The molecule has 0 aliphatic heterocycles. The van der Waals surface area contributed by atoms with Crippen LogP contribution < -0.4 is 4.74 Å². The molecule has 108 valence electrons. The average molecular weight is 314 g/mol. The largest absolute Gasteiger partial charge is 0.496 e. The van der Waals surface area contributed by atoms with E-state index in [1.54, 1.807) is 32.3 Å². The maximum absolute atomic E-state index is 6.02. The van der Waals surface area contributed by atoms with Crippen molar-refractivity contribution in [3.63, 3.8) is 0 Å². The molecule has 0 amide bonds. The fraction of sp³-hybridized carbons (Fsp3) is 0.385. The Bertz CT molecular complexity index is 562. The summed E-state index contributed by atoms with van der Waals surface area (Å²) in [7, 11) is 3.33. The average Bonchev–Trinajstić information content (AvgIpc) is 2.90. The van der Waals surface area contributed by atoms with Crippen LogP contribution in [0.4, 0.5) is 0 Å². The van der Waals surface area contributed by atoms with E-state index in [-0.39, 0.29) is 0 Å². The number of thioether (sulfide) groups is 1. The summed E-state index contributed by atoms with van der Waals surface area (Å²) in [5.74, 6) is 1.54. The summed E-state index contributed by atoms with van der Waals surface area (Å²) in [6.07, 6.45) is 1.70. The Morgan fingerprint density at radius 3 is 2.95 bits per heavy atom. The van der Waals surface area contributed by atoms with Gasteiger partial charge in [0, 0.05) is 30.0 Å². The smallest absolute Gasteiger partial charge is 0.191 e. The van der Waals surface area contributed by atoms with E-state index in [0.29, 0.717) is 11.6 Å². The summed E-state index contributed by atoms with van der Waals surface area (Å²) in [5.41, 5.74) is 1.03. The van der Waals surface area contributed by atoms with E-state index in [4.69, 9.17) is 21.1 Å². The van der Waals surface area contributed by atoms with Gasteiger partial charge in [-0.15, -0.1) is 10.2 Å². The molecule has 0 bridgehead atoms. The van der Waals surface area contributed by atoms with E-state index >= 15 is 0 Å². The first-order valence-corrected chi connectivity index (χ1v) is 7.43. The van der Waals surface area contributed by atoms with Gasteiger partial charge in [0.2, 0.25) is 0 Å². The summed E-state index contributed by atoms with van der Waals surface area (Å²) >= 11 is 7.61. The molecule has 0 saturated heterocycles. The van der Waals surface area contributed by atoms with Crippen LogP contribution in [0.1, 0.15) is 5.56 Å². The van der Waals surface area contributed by atoms with Crippen LogP contribution in [0.15, 0.2) is 29.7 Å². The third kappa shape index (κ3) is 3.88. The third-order valence-electron chi connectivity index (χ3n) is 2.72. The van der Waals surface area contributed by atoms with E-state index in [2.05, 4.69) is 10.2 Å². The summed E-state index contributed by atoms with van der Waals surface area (Å²) < 4.78 is 12.4. The van der Waals surface area contributed by atoms with Crippen molar-refractivity contribution in [2.45, 2.75) is 17.5 Å². The topological polar surface area (TPSA) is 49.2 Å². The number of hydrogen-bond acceptors (Lipinski definition) is 5. The van der Waals surface area contributed by atoms with Crippen molar-refractivity contribution in [2.75, 3.05) is 20.8 Å². The molecule has 7 heteroatoms. The molecule has 0 aliphatic rings. The second-order valence-corrected chi connectivity index (χ2v) is 5.42. The zero-order valence-corrected chi connectivity index (χ0v) is 12.9. The normalized spacial score (nSPS) is 10.8. The first kappa shape index (κ1) is 15.2. The molecule has 0 fully saturated rings. The highest BCUT2D eigenvalue weighted by molar-refractivity contribution is 7.98. The van der Waals surface area contributed by atoms with Crippen molar-refractivity contribution < 1.29 is 9.47 Å². The van der Waals surface area contributed by atoms with Crippen molar-refractivity contribution in [3.8, 4) is 5.75 Å². The van der Waals surface area contributed by atoms with E-state index in [0.717, 1.165) is 28.8 Å². The van der Waals surface area contributed by atoms with Crippen LogP contribution in [0.25, 0.3) is 0 Å². The molecule has 0 N–H and O–H groups in total. The van der Waals surface area contributed by atoms with Crippen LogP contribution in [0.2, 0.25) is 5.02 Å². The Morgan fingerprint density at radius 1 is 1.35 bits per heavy atom. The van der Waals surface area contributed by atoms with Crippen molar-refractivity contribution >= 4 is 23.4 Å². The standard InChI is InChI=1S/C13H16ClN3O2S/c1-18-6-5-17-9-15-16-13(17)20-8-10-7-11(14)3-4-12(10)19-2/h3-4,7,9H,5-6,8H2,1-2H3. The molecular weight excluding hydrogens is 298 g/mol. The minimum Gasteiger partial charge on any atom is -0.496 e. The van der Waals surface area contributed by atoms with Gasteiger partial charge >= 0.3 is 0 Å². The maximum atomic E-state index is 6.02. The lowest BCUT2D eigenvalue weighted by Gasteiger charge is -2.09. The number of nitrogens with zero attached hydrogens (tertiary/aromatic N) is 3. The molecule has 1 aromatic carbocycles. The number of ether oxygens (including phenoxy) is 2. The minimum absolute atomic E-state index is 0.631. The molecule has 1 aromatic heterocycles. The van der Waals surface area contributed by atoms with E-state index in [9.17, 15) is 0 Å². The van der Waals surface area contributed by atoms with Crippen LogP contribution >= 0.6 is 23.4 Å². The lowest BCUT2D eigenvalue weighted by atomic mass is 10.2. The van der Waals surface area contributed by atoms with Crippen LogP contribution in [0.5, 0.6) is 5.75 Å². The minimum atomic E-state index is 0.631. The van der Waals surface area contributed by atoms with Gasteiger partial charge in [0.1, 0.15) is 12.1 Å². The summed E-state index contributed by atoms with van der Waals surface area (Å²) in [4.78, 5) is 0. The molecule has 5 nitrogen and oxygen atoms in total. The number of methoxy groups -OCH3 is 2. The zero-order valence-electron chi connectivity index (χ0n) is 11.4. The number of halogens is 1. The molecule has 0 spiro atoms. The van der Waals surface area contributed by atoms with Gasteiger partial charge in [0.25, 0.3) is 0 Å². The molecule has 0 saturated carbocycles. The monoisotopic (exact) mass is 313 g/mol. The van der Waals surface area contributed by atoms with Gasteiger partial charge in [-0.05, 0) is 18.2 Å². The molecule has 0 atom stereocenters. The molecule has 2 rings (SSSR count). The number of benzene rings is 1. The summed E-state index contributed by atoms with van der Waals surface area (Å²) in [6.45, 7) is 1.37. The molecular formula is C13H16ClN3O2S. The highest BCUT2D eigenvalue weighted by atomic mass is 35.5. The SMILES string of the molecule is COCCn1cnnc1SCc1cc(Cl)ccc1OC. The second kappa shape index (κ2) is 7.52. The Morgan fingerprint density at radius 2 is 2.20 bits per heavy atom. The maximum Gasteiger partial charge on any atom is 0.191 e. The lowest BCUT2D eigenvalue weighted by Crippen LogP contribution is -2.04. The van der Waals surface area contributed by atoms with Gasteiger partial charge in [-0.2, -0.15) is 0 Å². The number of aromatic nitrogens is 3. The van der Waals surface area contributed by atoms with Gasteiger partial charge in [-0.1, -0.05) is 23.4 Å². The van der Waals surface area contributed by atoms with Gasteiger partial charge in [0.15, 0.2) is 5.16 Å². The Labute approximate surface area is 127 Å². The predicted molar refractivity (Wildman–Crippen MR) is 79.5 cm³/mol. The van der Waals surface area contributed by atoms with Crippen LogP contribution in [0, 0.1) is 0 Å². The quantitative estimate of drug-likeness (QED) is 0.736. The molecule has 1 heterocycles. The highest BCUT2D eigenvalue weighted by Gasteiger charge is 2.09. The third-order valence-corrected chi connectivity index (χ3v) is 3.98. The number of hydrogen-bond donors (Lipinski definition) is 0. The molecule has 20 heavy (non-hydrogen) atoms. The van der Waals surface area contributed by atoms with Crippen molar-refractivity contribution in [1.29, 1.82) is 0 Å². The van der Waals surface area contributed by atoms with Crippen LogP contribution in [-0.2, 0) is 17.0 Å². The van der Waals surface area contributed by atoms with Gasteiger partial charge < -0.3 is 14.0 Å². The van der Waals surface area contributed by atoms with Crippen LogP contribution in [0.3, 0.4) is 0 Å². The Balaban J connectivity index is 2.05. The van der Waals surface area contributed by atoms with Crippen molar-refractivity contribution in [2.24, 2.45) is 0 Å². The Kier molecular flexibility index (Phi) is 5.70. The fourth-order valence-corrected chi connectivity index (χ4v) is 2.82. The summed E-state index contributed by atoms with van der Waals surface area (Å²) in [5, 5.41) is 9.58. The highest BCUT2D eigenvalue weighted by Crippen LogP contribution is 2.29. The molecule has 0 radical (unpaired) electrons.